The van der Waals surface area contributed by atoms with Crippen LogP contribution in [0, 0.1) is 5.92 Å². The summed E-state index contributed by atoms with van der Waals surface area (Å²) in [6, 6.07) is 5.51. The first-order chi connectivity index (χ1) is 11.3. The Morgan fingerprint density at radius 1 is 1.00 bits per heavy atom. The molecular formula is C19H31ClO3Si. The molecule has 0 spiro atoms. The zero-order valence-corrected chi connectivity index (χ0v) is 17.5. The van der Waals surface area contributed by atoms with Crippen molar-refractivity contribution in [2.24, 2.45) is 5.92 Å². The van der Waals surface area contributed by atoms with Crippen molar-refractivity contribution in [1.29, 1.82) is 0 Å². The van der Waals surface area contributed by atoms with Crippen LogP contribution in [0.3, 0.4) is 0 Å². The Hall–Kier alpha value is -0.713. The fourth-order valence-corrected chi connectivity index (χ4v) is 9.72. The number of benzene rings is 1. The lowest BCUT2D eigenvalue weighted by Gasteiger charge is -2.42. The minimum atomic E-state index is -1.85. The second-order valence-electron chi connectivity index (χ2n) is 7.71. The van der Waals surface area contributed by atoms with Crippen molar-refractivity contribution in [3.8, 4) is 11.5 Å². The topological polar surface area (TPSA) is 27.7 Å². The van der Waals surface area contributed by atoms with E-state index >= 15 is 0 Å². The van der Waals surface area contributed by atoms with Crippen LogP contribution < -0.4 is 9.47 Å². The van der Waals surface area contributed by atoms with Crippen molar-refractivity contribution < 1.29 is 13.9 Å². The molecule has 1 atom stereocenters. The molecule has 1 heterocycles. The number of halogens is 1. The molecule has 5 heteroatoms. The molecule has 0 radical (unpaired) electrons. The Bertz CT molecular complexity index is 524. The van der Waals surface area contributed by atoms with Crippen molar-refractivity contribution in [2.45, 2.75) is 58.2 Å². The summed E-state index contributed by atoms with van der Waals surface area (Å²) >= 11 is 6.04. The van der Waals surface area contributed by atoms with Gasteiger partial charge in [-0.25, -0.2) is 0 Å². The van der Waals surface area contributed by atoms with Gasteiger partial charge in [-0.3, -0.25) is 0 Å². The lowest BCUT2D eigenvalue weighted by Crippen LogP contribution is -2.49. The van der Waals surface area contributed by atoms with E-state index in [1.165, 1.54) is 0 Å². The van der Waals surface area contributed by atoms with Gasteiger partial charge < -0.3 is 13.9 Å². The number of fused-ring (bicyclic) bond motifs is 1. The van der Waals surface area contributed by atoms with Crippen LogP contribution in [0.2, 0.25) is 21.6 Å². The summed E-state index contributed by atoms with van der Waals surface area (Å²) in [6.07, 6.45) is 0. The number of hydrogen-bond donors (Lipinski definition) is 0. The van der Waals surface area contributed by atoms with Crippen LogP contribution in [0.5, 0.6) is 11.5 Å². The summed E-state index contributed by atoms with van der Waals surface area (Å²) in [6.45, 7) is 15.8. The molecule has 0 aromatic heterocycles. The second kappa shape index (κ2) is 8.11. The molecule has 0 saturated carbocycles. The Balaban J connectivity index is 2.04. The van der Waals surface area contributed by atoms with E-state index in [-0.39, 0.29) is 5.92 Å². The summed E-state index contributed by atoms with van der Waals surface area (Å²) in [5, 5.41) is 0.665. The van der Waals surface area contributed by atoms with Gasteiger partial charge in [0.15, 0.2) is 19.8 Å². The number of ether oxygens (including phenoxy) is 2. The summed E-state index contributed by atoms with van der Waals surface area (Å²) in [5.41, 5.74) is 1.75. The highest BCUT2D eigenvalue weighted by atomic mass is 35.5. The molecule has 3 nitrogen and oxygen atoms in total. The molecule has 1 aliphatic heterocycles. The smallest absolute Gasteiger partial charge is 0.200 e. The van der Waals surface area contributed by atoms with Crippen LogP contribution in [-0.2, 0) is 4.43 Å². The lowest BCUT2D eigenvalue weighted by molar-refractivity contribution is 0.137. The Morgan fingerprint density at radius 3 is 2.08 bits per heavy atom. The highest BCUT2D eigenvalue weighted by Crippen LogP contribution is 2.42. The van der Waals surface area contributed by atoms with Gasteiger partial charge in [0.25, 0.3) is 0 Å². The third-order valence-electron chi connectivity index (χ3n) is 5.13. The molecule has 0 fully saturated rings. The van der Waals surface area contributed by atoms with Gasteiger partial charge >= 0.3 is 0 Å². The highest BCUT2D eigenvalue weighted by molar-refractivity contribution is 6.77. The quantitative estimate of drug-likeness (QED) is 0.581. The molecule has 136 valence electrons. The van der Waals surface area contributed by atoms with Crippen molar-refractivity contribution in [3.63, 3.8) is 0 Å². The number of rotatable bonds is 6. The maximum atomic E-state index is 6.68. The summed E-state index contributed by atoms with van der Waals surface area (Å²) in [7, 11) is -1.85. The average molecular weight is 371 g/mol. The van der Waals surface area contributed by atoms with E-state index in [1.807, 2.05) is 18.2 Å². The first-order valence-corrected chi connectivity index (χ1v) is 11.5. The Kier molecular flexibility index (Phi) is 6.63. The molecule has 0 amide bonds. The summed E-state index contributed by atoms with van der Waals surface area (Å²) < 4.78 is 18.5. The van der Waals surface area contributed by atoms with Gasteiger partial charge in [-0.05, 0) is 28.8 Å². The minimum Gasteiger partial charge on any atom is -0.489 e. The lowest BCUT2D eigenvalue weighted by atomic mass is 10.2. The molecule has 2 rings (SSSR count). The zero-order valence-electron chi connectivity index (χ0n) is 15.8. The monoisotopic (exact) mass is 370 g/mol. The van der Waals surface area contributed by atoms with Crippen LogP contribution in [0.15, 0.2) is 18.2 Å². The van der Waals surface area contributed by atoms with Crippen molar-refractivity contribution in [1.82, 2.24) is 0 Å². The summed E-state index contributed by atoms with van der Waals surface area (Å²) in [5.74, 6) is 1.73. The van der Waals surface area contributed by atoms with E-state index in [2.05, 4.69) is 41.5 Å². The Morgan fingerprint density at radius 2 is 1.54 bits per heavy atom. The van der Waals surface area contributed by atoms with E-state index in [0.717, 1.165) is 11.5 Å². The highest BCUT2D eigenvalue weighted by Gasteiger charge is 2.45. The SMILES string of the molecule is CC(C)[Si](OCC1COc2ccc(Cl)cc2OC1)(C(C)C)C(C)C. The molecule has 1 aromatic rings. The van der Waals surface area contributed by atoms with E-state index in [0.29, 0.717) is 41.5 Å². The molecule has 0 N–H and O–H groups in total. The molecule has 0 saturated heterocycles. The largest absolute Gasteiger partial charge is 0.489 e. The third kappa shape index (κ3) is 4.09. The van der Waals surface area contributed by atoms with Gasteiger partial charge in [0.2, 0.25) is 0 Å². The zero-order chi connectivity index (χ0) is 17.9. The van der Waals surface area contributed by atoms with E-state index in [9.17, 15) is 0 Å². The normalized spacial score (nSPS) is 18.3. The molecule has 0 aliphatic carbocycles. The minimum absolute atomic E-state index is 0.235. The predicted octanol–water partition coefficient (Wildman–Crippen LogP) is 5.92. The molecule has 0 bridgehead atoms. The van der Waals surface area contributed by atoms with Crippen LogP contribution in [0.1, 0.15) is 41.5 Å². The first-order valence-electron chi connectivity index (χ1n) is 8.96. The van der Waals surface area contributed by atoms with Crippen molar-refractivity contribution >= 4 is 19.9 Å². The fourth-order valence-electron chi connectivity index (χ4n) is 4.04. The second-order valence-corrected chi connectivity index (χ2v) is 13.6. The molecule has 1 aliphatic rings. The van der Waals surface area contributed by atoms with E-state index in [4.69, 9.17) is 25.5 Å². The molecule has 1 aromatic carbocycles. The van der Waals surface area contributed by atoms with Crippen LogP contribution in [0.4, 0.5) is 0 Å². The predicted molar refractivity (Wildman–Crippen MR) is 103 cm³/mol. The van der Waals surface area contributed by atoms with Gasteiger partial charge in [-0.2, -0.15) is 0 Å². The third-order valence-corrected chi connectivity index (χ3v) is 11.4. The standard InChI is InChI=1S/C19H31ClO3Si/c1-13(2)24(14(3)4,15(5)6)23-12-16-10-21-18-8-7-17(20)9-19(18)22-11-16/h7-9,13-16H,10-12H2,1-6H3. The van der Waals surface area contributed by atoms with Gasteiger partial charge in [0.05, 0.1) is 13.2 Å². The van der Waals surface area contributed by atoms with E-state index in [1.54, 1.807) is 0 Å². The maximum absolute atomic E-state index is 6.68. The van der Waals surface area contributed by atoms with Gasteiger partial charge in [-0.1, -0.05) is 53.1 Å². The van der Waals surface area contributed by atoms with Gasteiger partial charge in [-0.15, -0.1) is 0 Å². The number of hydrogen-bond acceptors (Lipinski definition) is 3. The Labute approximate surface area is 152 Å². The van der Waals surface area contributed by atoms with Crippen LogP contribution in [0.25, 0.3) is 0 Å². The van der Waals surface area contributed by atoms with Gasteiger partial charge in [0, 0.05) is 23.6 Å². The van der Waals surface area contributed by atoms with Crippen molar-refractivity contribution in [3.05, 3.63) is 23.2 Å². The van der Waals surface area contributed by atoms with Crippen LogP contribution in [-0.4, -0.2) is 28.1 Å². The summed E-state index contributed by atoms with van der Waals surface area (Å²) in [4.78, 5) is 0. The molecule has 1 unspecified atom stereocenters. The average Bonchev–Trinajstić information content (AvgIpc) is 2.69. The fraction of sp³-hybridized carbons (Fsp3) is 0.684. The van der Waals surface area contributed by atoms with Gasteiger partial charge in [0.1, 0.15) is 0 Å². The van der Waals surface area contributed by atoms with Crippen molar-refractivity contribution in [2.75, 3.05) is 19.8 Å². The first kappa shape index (κ1) is 19.6. The van der Waals surface area contributed by atoms with E-state index < -0.39 is 8.32 Å². The maximum Gasteiger partial charge on any atom is 0.200 e. The molecular weight excluding hydrogens is 340 g/mol. The van der Waals surface area contributed by atoms with Crippen LogP contribution >= 0.6 is 11.6 Å². The molecule has 24 heavy (non-hydrogen) atoms.